The fraction of sp³-hybridized carbons (Fsp3) is 0.533. The lowest BCUT2D eigenvalue weighted by Crippen LogP contribution is -2.55. The summed E-state index contributed by atoms with van der Waals surface area (Å²) >= 11 is 0. The van der Waals surface area contributed by atoms with Crippen molar-refractivity contribution in [1.29, 1.82) is 0 Å². The molecule has 1 aromatic carbocycles. The Morgan fingerprint density at radius 1 is 1.15 bits per heavy atom. The first-order valence-electron chi connectivity index (χ1n) is 8.82. The van der Waals surface area contributed by atoms with Crippen molar-refractivity contribution in [2.75, 3.05) is 23.4 Å². The largest absolute Gasteiger partial charge is 0.461 e. The zero-order chi connectivity index (χ0) is 26.3. The molecule has 2 rings (SSSR count). The normalized spacial score (nSPS) is 19.0. The van der Waals surface area contributed by atoms with Gasteiger partial charge in [-0.25, -0.2) is 16.8 Å². The molecule has 0 aliphatic carbocycles. The van der Waals surface area contributed by atoms with Gasteiger partial charge < -0.3 is 10.6 Å². The van der Waals surface area contributed by atoms with Crippen LogP contribution in [-0.4, -0.2) is 69.1 Å². The highest BCUT2D eigenvalue weighted by Crippen LogP contribution is 2.51. The van der Waals surface area contributed by atoms with Crippen LogP contribution in [-0.2, 0) is 24.5 Å². The molecule has 0 unspecified atom stereocenters. The number of amides is 1. The molecule has 2 N–H and O–H groups in total. The molecule has 19 heteroatoms. The van der Waals surface area contributed by atoms with Crippen molar-refractivity contribution in [3.63, 3.8) is 0 Å². The van der Waals surface area contributed by atoms with Gasteiger partial charge in [-0.1, -0.05) is 0 Å². The molecular weight excluding hydrogens is 531 g/mol. The van der Waals surface area contributed by atoms with E-state index in [1.54, 1.807) is 0 Å². The Labute approximate surface area is 186 Å². The third-order valence-corrected chi connectivity index (χ3v) is 8.15. The van der Waals surface area contributed by atoms with E-state index in [1.165, 1.54) is 0 Å². The predicted molar refractivity (Wildman–Crippen MR) is 99.9 cm³/mol. The number of carbonyl (C=O) groups is 1. The maximum atomic E-state index is 13.8. The second-order valence-corrected chi connectivity index (χ2v) is 11.3. The summed E-state index contributed by atoms with van der Waals surface area (Å²) in [6.07, 6.45) is -6.85. The third-order valence-electron chi connectivity index (χ3n) is 4.57. The van der Waals surface area contributed by atoms with E-state index < -0.39 is 76.7 Å². The summed E-state index contributed by atoms with van der Waals surface area (Å²) in [5, 5.41) is 8.94. The van der Waals surface area contributed by atoms with Gasteiger partial charge in [-0.3, -0.25) is 14.9 Å². The number of nitro benzene ring substituents is 1. The van der Waals surface area contributed by atoms with Gasteiger partial charge in [0.05, 0.1) is 27.9 Å². The zero-order valence-electron chi connectivity index (χ0n) is 16.4. The van der Waals surface area contributed by atoms with Crippen LogP contribution in [0.5, 0.6) is 0 Å². The third kappa shape index (κ3) is 5.18. The average molecular weight is 545 g/mol. The van der Waals surface area contributed by atoms with Gasteiger partial charge in [0, 0.05) is 12.1 Å². The number of nitrogens with one attached hydrogen (secondary N) is 2. The highest BCUT2D eigenvalue weighted by molar-refractivity contribution is 7.92. The standard InChI is InChI=1S/C15H14F7N3O7S2/c16-13(17,14(18,19)20)15(21,22)34(31,32)9-1-2-10(11(5-9)25(27)28)23-6-12(26)24-8-3-4-33(29,30)7-8/h1-2,5,8,23H,3-4,6-7H2,(H,24,26)/t8-/m1/s1. The van der Waals surface area contributed by atoms with E-state index in [0.29, 0.717) is 6.07 Å². The fourth-order valence-electron chi connectivity index (χ4n) is 2.82. The summed E-state index contributed by atoms with van der Waals surface area (Å²) in [4.78, 5) is 19.8. The first kappa shape index (κ1) is 27.5. The molecule has 0 saturated carbocycles. The number of halogens is 7. The Morgan fingerprint density at radius 2 is 1.74 bits per heavy atom. The van der Waals surface area contributed by atoms with Crippen LogP contribution in [0, 0.1) is 10.1 Å². The molecule has 1 atom stereocenters. The Balaban J connectivity index is 2.28. The summed E-state index contributed by atoms with van der Waals surface area (Å²) in [5.41, 5.74) is -1.99. The number of hydrogen-bond acceptors (Lipinski definition) is 8. The number of sulfone groups is 2. The van der Waals surface area contributed by atoms with Gasteiger partial charge in [0.15, 0.2) is 9.84 Å². The minimum atomic E-state index is -7.02. The number of rotatable bonds is 8. The van der Waals surface area contributed by atoms with Crippen molar-refractivity contribution in [2.24, 2.45) is 0 Å². The first-order valence-corrected chi connectivity index (χ1v) is 12.1. The minimum Gasteiger partial charge on any atom is -0.371 e. The molecule has 1 saturated heterocycles. The smallest absolute Gasteiger partial charge is 0.371 e. The Morgan fingerprint density at radius 3 is 2.21 bits per heavy atom. The van der Waals surface area contributed by atoms with Crippen LogP contribution >= 0.6 is 0 Å². The monoisotopic (exact) mass is 545 g/mol. The summed E-state index contributed by atoms with van der Waals surface area (Å²) in [6.45, 7) is -0.744. The molecule has 192 valence electrons. The van der Waals surface area contributed by atoms with E-state index in [4.69, 9.17) is 0 Å². The summed E-state index contributed by atoms with van der Waals surface area (Å²) in [6, 6.07) is -0.370. The highest BCUT2D eigenvalue weighted by Gasteiger charge is 2.78. The highest BCUT2D eigenvalue weighted by atomic mass is 32.2. The van der Waals surface area contributed by atoms with Crippen LogP contribution in [0.4, 0.5) is 42.1 Å². The van der Waals surface area contributed by atoms with Gasteiger partial charge in [-0.05, 0) is 18.6 Å². The lowest BCUT2D eigenvalue weighted by molar-refractivity contribution is -0.384. The Hall–Kier alpha value is -2.70. The molecule has 1 aliphatic rings. The molecule has 0 spiro atoms. The van der Waals surface area contributed by atoms with Crippen molar-refractivity contribution in [1.82, 2.24) is 5.32 Å². The molecule has 34 heavy (non-hydrogen) atoms. The Bertz CT molecular complexity index is 1200. The molecule has 1 aliphatic heterocycles. The number of carbonyl (C=O) groups excluding carboxylic acids is 1. The molecule has 0 radical (unpaired) electrons. The van der Waals surface area contributed by atoms with Gasteiger partial charge in [-0.15, -0.1) is 0 Å². The van der Waals surface area contributed by atoms with Crippen LogP contribution < -0.4 is 10.6 Å². The van der Waals surface area contributed by atoms with Crippen molar-refractivity contribution < 1.29 is 57.3 Å². The first-order chi connectivity index (χ1) is 15.2. The van der Waals surface area contributed by atoms with E-state index in [1.807, 2.05) is 0 Å². The summed E-state index contributed by atoms with van der Waals surface area (Å²) < 4.78 is 137. The quantitative estimate of drug-likeness (QED) is 0.285. The summed E-state index contributed by atoms with van der Waals surface area (Å²) in [7, 11) is -10.1. The van der Waals surface area contributed by atoms with Crippen LogP contribution in [0.1, 0.15) is 6.42 Å². The van der Waals surface area contributed by atoms with Crippen LogP contribution in [0.3, 0.4) is 0 Å². The molecule has 1 heterocycles. The number of benzene rings is 1. The number of anilines is 1. The van der Waals surface area contributed by atoms with E-state index in [0.717, 1.165) is 0 Å². The maximum absolute atomic E-state index is 13.8. The molecule has 1 fully saturated rings. The zero-order valence-corrected chi connectivity index (χ0v) is 18.0. The average Bonchev–Trinajstić information content (AvgIpc) is 3.02. The van der Waals surface area contributed by atoms with Crippen LogP contribution in [0.15, 0.2) is 23.1 Å². The molecular formula is C15H14F7N3O7S2. The molecule has 0 aromatic heterocycles. The molecule has 1 aromatic rings. The van der Waals surface area contributed by atoms with Gasteiger partial charge in [0.25, 0.3) is 15.5 Å². The van der Waals surface area contributed by atoms with Crippen molar-refractivity contribution >= 4 is 37.0 Å². The molecule has 0 bridgehead atoms. The van der Waals surface area contributed by atoms with E-state index >= 15 is 0 Å². The van der Waals surface area contributed by atoms with Gasteiger partial charge in [0.1, 0.15) is 5.69 Å². The number of nitro groups is 1. The van der Waals surface area contributed by atoms with Crippen LogP contribution in [0.2, 0.25) is 0 Å². The Kier molecular flexibility index (Phi) is 7.15. The lowest BCUT2D eigenvalue weighted by atomic mass is 10.2. The number of alkyl halides is 7. The van der Waals surface area contributed by atoms with Gasteiger partial charge in [-0.2, -0.15) is 30.7 Å². The van der Waals surface area contributed by atoms with Crippen molar-refractivity contribution in [2.45, 2.75) is 34.7 Å². The number of hydrogen-bond donors (Lipinski definition) is 2. The lowest BCUT2D eigenvalue weighted by Gasteiger charge is -2.27. The number of nitrogens with zero attached hydrogens (tertiary/aromatic N) is 1. The second kappa shape index (κ2) is 8.82. The van der Waals surface area contributed by atoms with Crippen molar-refractivity contribution in [3.05, 3.63) is 28.3 Å². The molecule has 10 nitrogen and oxygen atoms in total. The minimum absolute atomic E-state index is 0.109. The second-order valence-electron chi connectivity index (χ2n) is 7.05. The summed E-state index contributed by atoms with van der Waals surface area (Å²) in [5.74, 6) is -8.40. The van der Waals surface area contributed by atoms with E-state index in [9.17, 15) is 62.5 Å². The van der Waals surface area contributed by atoms with Gasteiger partial charge in [0.2, 0.25) is 5.91 Å². The SMILES string of the molecule is O=C(CNc1ccc(S(=O)(=O)C(F)(F)C(F)(F)C(F)(F)F)cc1[N+](=O)[O-])N[C@@H]1CCS(=O)(=O)C1. The van der Waals surface area contributed by atoms with Gasteiger partial charge >= 0.3 is 17.4 Å². The van der Waals surface area contributed by atoms with E-state index in [2.05, 4.69) is 10.6 Å². The predicted octanol–water partition coefficient (Wildman–Crippen LogP) is 1.87. The topological polar surface area (TPSA) is 153 Å². The maximum Gasteiger partial charge on any atom is 0.461 e. The van der Waals surface area contributed by atoms with Crippen molar-refractivity contribution in [3.8, 4) is 0 Å². The fourth-order valence-corrected chi connectivity index (χ4v) is 5.76. The van der Waals surface area contributed by atoms with E-state index in [-0.39, 0.29) is 30.1 Å². The van der Waals surface area contributed by atoms with Crippen LogP contribution in [0.25, 0.3) is 0 Å². The molecule has 1 amide bonds.